The van der Waals surface area contributed by atoms with E-state index in [2.05, 4.69) is 10.1 Å². The Morgan fingerprint density at radius 2 is 1.75 bits per heavy atom. The highest BCUT2D eigenvalue weighted by molar-refractivity contribution is 7.90. The molecule has 0 spiro atoms. The SMILES string of the molecule is COC(=O)C(CS(=O)(=O)Cc1ccccc1)NC(=O)OC(C)(C)C. The maximum absolute atomic E-state index is 12.3. The van der Waals surface area contributed by atoms with Crippen molar-refractivity contribution in [3.63, 3.8) is 0 Å². The van der Waals surface area contributed by atoms with Crippen molar-refractivity contribution in [3.05, 3.63) is 35.9 Å². The zero-order valence-electron chi connectivity index (χ0n) is 14.2. The number of alkyl carbamates (subject to hydrolysis) is 1. The van der Waals surface area contributed by atoms with Gasteiger partial charge < -0.3 is 14.8 Å². The lowest BCUT2D eigenvalue weighted by Crippen LogP contribution is -2.47. The quantitative estimate of drug-likeness (QED) is 0.778. The molecule has 0 aromatic heterocycles. The molecular formula is C16H23NO6S. The van der Waals surface area contributed by atoms with Gasteiger partial charge >= 0.3 is 12.1 Å². The Morgan fingerprint density at radius 1 is 1.17 bits per heavy atom. The topological polar surface area (TPSA) is 98.8 Å². The van der Waals surface area contributed by atoms with Crippen LogP contribution >= 0.6 is 0 Å². The minimum Gasteiger partial charge on any atom is -0.467 e. The van der Waals surface area contributed by atoms with Crippen LogP contribution in [0.25, 0.3) is 0 Å². The van der Waals surface area contributed by atoms with Gasteiger partial charge in [-0.1, -0.05) is 30.3 Å². The molecule has 0 radical (unpaired) electrons. The van der Waals surface area contributed by atoms with Crippen LogP contribution in [-0.4, -0.2) is 45.0 Å². The van der Waals surface area contributed by atoms with Gasteiger partial charge in [-0.3, -0.25) is 0 Å². The van der Waals surface area contributed by atoms with E-state index in [1.54, 1.807) is 51.1 Å². The van der Waals surface area contributed by atoms with E-state index in [0.29, 0.717) is 5.56 Å². The standard InChI is InChI=1S/C16H23NO6S/c1-16(2,3)23-15(19)17-13(14(18)22-4)11-24(20,21)10-12-8-6-5-7-9-12/h5-9,13H,10-11H2,1-4H3,(H,17,19). The van der Waals surface area contributed by atoms with E-state index in [1.807, 2.05) is 0 Å². The molecule has 0 heterocycles. The molecule has 1 N–H and O–H groups in total. The van der Waals surface area contributed by atoms with Crippen LogP contribution in [0.2, 0.25) is 0 Å². The Hall–Kier alpha value is -2.09. The summed E-state index contributed by atoms with van der Waals surface area (Å²) >= 11 is 0. The van der Waals surface area contributed by atoms with Crippen molar-refractivity contribution in [2.24, 2.45) is 0 Å². The number of carbonyl (C=O) groups is 2. The van der Waals surface area contributed by atoms with Crippen molar-refractivity contribution < 1.29 is 27.5 Å². The molecule has 0 saturated carbocycles. The first-order valence-corrected chi connectivity index (χ1v) is 9.16. The van der Waals surface area contributed by atoms with Crippen molar-refractivity contribution in [1.29, 1.82) is 0 Å². The van der Waals surface area contributed by atoms with Crippen LogP contribution in [0, 0.1) is 0 Å². The van der Waals surface area contributed by atoms with Gasteiger partial charge in [0.15, 0.2) is 9.84 Å². The Labute approximate surface area is 142 Å². The van der Waals surface area contributed by atoms with E-state index < -0.39 is 39.3 Å². The normalized spacial score (nSPS) is 13.0. The monoisotopic (exact) mass is 357 g/mol. The number of methoxy groups -OCH3 is 1. The van der Waals surface area contributed by atoms with Gasteiger partial charge in [-0.15, -0.1) is 0 Å². The molecule has 1 aromatic carbocycles. The molecule has 24 heavy (non-hydrogen) atoms. The molecule has 8 heteroatoms. The third-order valence-corrected chi connectivity index (χ3v) is 4.44. The Bertz CT molecular complexity index is 664. The molecule has 0 aliphatic heterocycles. The minimum absolute atomic E-state index is 0.239. The van der Waals surface area contributed by atoms with Gasteiger partial charge in [0.2, 0.25) is 0 Å². The average molecular weight is 357 g/mol. The predicted octanol–water partition coefficient (Wildman–Crippen LogP) is 1.67. The zero-order valence-corrected chi connectivity index (χ0v) is 15.1. The number of hydrogen-bond donors (Lipinski definition) is 1. The Morgan fingerprint density at radius 3 is 2.25 bits per heavy atom. The fourth-order valence-corrected chi connectivity index (χ4v) is 3.45. The van der Waals surface area contributed by atoms with E-state index in [-0.39, 0.29) is 5.75 Å². The summed E-state index contributed by atoms with van der Waals surface area (Å²) in [7, 11) is -2.53. The highest BCUT2D eigenvalue weighted by Gasteiger charge is 2.30. The fourth-order valence-electron chi connectivity index (χ4n) is 1.90. The first kappa shape index (κ1) is 20.0. The van der Waals surface area contributed by atoms with Gasteiger partial charge in [-0.05, 0) is 26.3 Å². The smallest absolute Gasteiger partial charge is 0.408 e. The molecule has 1 amide bonds. The van der Waals surface area contributed by atoms with Crippen LogP contribution in [0.5, 0.6) is 0 Å². The summed E-state index contributed by atoms with van der Waals surface area (Å²) in [5.41, 5.74) is -0.174. The highest BCUT2D eigenvalue weighted by Crippen LogP contribution is 2.10. The number of nitrogens with one attached hydrogen (secondary N) is 1. The number of sulfone groups is 1. The van der Waals surface area contributed by atoms with Gasteiger partial charge in [-0.25, -0.2) is 18.0 Å². The van der Waals surface area contributed by atoms with Crippen molar-refractivity contribution in [3.8, 4) is 0 Å². The lowest BCUT2D eigenvalue weighted by Gasteiger charge is -2.22. The summed E-state index contributed by atoms with van der Waals surface area (Å²) in [6.07, 6.45) is -0.882. The molecule has 0 saturated heterocycles. The van der Waals surface area contributed by atoms with Gasteiger partial charge in [0.05, 0.1) is 18.6 Å². The van der Waals surface area contributed by atoms with Gasteiger partial charge in [0.1, 0.15) is 11.6 Å². The number of rotatable bonds is 6. The maximum Gasteiger partial charge on any atom is 0.408 e. The van der Waals surface area contributed by atoms with Crippen molar-refractivity contribution in [2.45, 2.75) is 38.2 Å². The summed E-state index contributed by atoms with van der Waals surface area (Å²) in [4.78, 5) is 23.6. The van der Waals surface area contributed by atoms with Gasteiger partial charge in [0, 0.05) is 0 Å². The van der Waals surface area contributed by atoms with Crippen LogP contribution in [0.15, 0.2) is 30.3 Å². The lowest BCUT2D eigenvalue weighted by atomic mass is 10.2. The maximum atomic E-state index is 12.3. The lowest BCUT2D eigenvalue weighted by molar-refractivity contribution is -0.142. The number of amides is 1. The molecule has 0 bridgehead atoms. The Kier molecular flexibility index (Phi) is 6.77. The number of esters is 1. The highest BCUT2D eigenvalue weighted by atomic mass is 32.2. The van der Waals surface area contributed by atoms with Gasteiger partial charge in [-0.2, -0.15) is 0 Å². The fraction of sp³-hybridized carbons (Fsp3) is 0.500. The van der Waals surface area contributed by atoms with Crippen LogP contribution in [0.1, 0.15) is 26.3 Å². The van der Waals surface area contributed by atoms with Crippen LogP contribution in [0.3, 0.4) is 0 Å². The molecule has 134 valence electrons. The predicted molar refractivity (Wildman–Crippen MR) is 89.1 cm³/mol. The second-order valence-electron chi connectivity index (χ2n) is 6.26. The van der Waals surface area contributed by atoms with E-state index in [4.69, 9.17) is 4.74 Å². The summed E-state index contributed by atoms with van der Waals surface area (Å²) in [6, 6.07) is 7.23. The molecule has 1 aromatic rings. The molecule has 0 aliphatic carbocycles. The molecule has 1 rings (SSSR count). The molecule has 0 aliphatic rings. The Balaban J connectivity index is 2.82. The van der Waals surface area contributed by atoms with Crippen molar-refractivity contribution >= 4 is 21.9 Å². The zero-order chi connectivity index (χ0) is 18.4. The van der Waals surface area contributed by atoms with Gasteiger partial charge in [0.25, 0.3) is 0 Å². The second kappa shape index (κ2) is 8.14. The van der Waals surface area contributed by atoms with Crippen molar-refractivity contribution in [2.75, 3.05) is 12.9 Å². The van der Waals surface area contributed by atoms with Crippen LogP contribution in [-0.2, 0) is 29.9 Å². The third kappa shape index (κ3) is 7.45. The van der Waals surface area contributed by atoms with E-state index in [0.717, 1.165) is 7.11 Å². The summed E-state index contributed by atoms with van der Waals surface area (Å²) < 4.78 is 34.2. The number of benzene rings is 1. The minimum atomic E-state index is -3.65. The first-order valence-electron chi connectivity index (χ1n) is 7.34. The summed E-state index contributed by atoms with van der Waals surface area (Å²) in [6.45, 7) is 4.98. The molecule has 0 fully saturated rings. The van der Waals surface area contributed by atoms with Crippen LogP contribution < -0.4 is 5.32 Å². The third-order valence-electron chi connectivity index (χ3n) is 2.83. The first-order chi connectivity index (χ1) is 11.0. The molecule has 1 unspecified atom stereocenters. The molecular weight excluding hydrogens is 334 g/mol. The van der Waals surface area contributed by atoms with E-state index >= 15 is 0 Å². The van der Waals surface area contributed by atoms with Crippen LogP contribution in [0.4, 0.5) is 4.79 Å². The number of hydrogen-bond acceptors (Lipinski definition) is 6. The molecule has 1 atom stereocenters. The summed E-state index contributed by atoms with van der Waals surface area (Å²) in [5.74, 6) is -1.66. The van der Waals surface area contributed by atoms with E-state index in [1.165, 1.54) is 0 Å². The van der Waals surface area contributed by atoms with Crippen molar-refractivity contribution in [1.82, 2.24) is 5.32 Å². The summed E-state index contributed by atoms with van der Waals surface area (Å²) in [5, 5.41) is 2.25. The largest absolute Gasteiger partial charge is 0.467 e. The number of carbonyl (C=O) groups excluding carboxylic acids is 2. The molecule has 7 nitrogen and oxygen atoms in total. The average Bonchev–Trinajstić information content (AvgIpc) is 2.44. The number of ether oxygens (including phenoxy) is 2. The van der Waals surface area contributed by atoms with E-state index in [9.17, 15) is 18.0 Å². The second-order valence-corrected chi connectivity index (χ2v) is 8.37.